The van der Waals surface area contributed by atoms with Crippen LogP contribution in [0.3, 0.4) is 0 Å². The van der Waals surface area contributed by atoms with Crippen molar-refractivity contribution >= 4 is 0 Å². The maximum atomic E-state index is 2.31. The molecule has 0 aliphatic heterocycles. The Morgan fingerprint density at radius 1 is 0.286 bits per heavy atom. The Morgan fingerprint density at radius 3 is 0.750 bits per heavy atom. The largest absolute Gasteiger partial charge is 0.335 e. The molecule has 0 saturated carbocycles. The van der Waals surface area contributed by atoms with Gasteiger partial charge in [-0.3, -0.25) is 0 Å². The maximum absolute atomic E-state index is 2.31. The van der Waals surface area contributed by atoms with Crippen LogP contribution >= 0.6 is 0 Å². The molecule has 0 atom stereocenters. The van der Waals surface area contributed by atoms with Crippen molar-refractivity contribution in [3.63, 3.8) is 0 Å². The predicted octanol–water partition coefficient (Wildman–Crippen LogP) is 8.12. The lowest BCUT2D eigenvalue weighted by Gasteiger charge is -2.20. The Balaban J connectivity index is 3.80. The van der Waals surface area contributed by atoms with E-state index in [1.807, 2.05) is 4.90 Å². The number of hydrogen-bond acceptors (Lipinski definition) is 0. The summed E-state index contributed by atoms with van der Waals surface area (Å²) in [5.74, 6) is 0. The number of nitrogens with one attached hydrogen (secondary N) is 1. The van der Waals surface area contributed by atoms with Crippen molar-refractivity contribution < 1.29 is 4.90 Å². The predicted molar refractivity (Wildman–Crippen MR) is 130 cm³/mol. The van der Waals surface area contributed by atoms with Crippen molar-refractivity contribution in [2.24, 2.45) is 0 Å². The molecule has 0 radical (unpaired) electrons. The van der Waals surface area contributed by atoms with E-state index in [1.165, 1.54) is 154 Å². The van der Waals surface area contributed by atoms with Crippen molar-refractivity contribution in [3.8, 4) is 0 Å². The van der Waals surface area contributed by atoms with Crippen LogP contribution in [0.1, 0.15) is 156 Å². The average molecular weight is 397 g/mol. The van der Waals surface area contributed by atoms with Crippen molar-refractivity contribution in [1.29, 1.82) is 0 Å². The molecule has 0 aromatic rings. The topological polar surface area (TPSA) is 4.44 Å². The summed E-state index contributed by atoms with van der Waals surface area (Å²) in [6.07, 6.45) is 30.5. The van der Waals surface area contributed by atoms with Gasteiger partial charge in [-0.2, -0.15) is 0 Å². The third-order valence-corrected chi connectivity index (χ3v) is 6.40. The van der Waals surface area contributed by atoms with E-state index in [2.05, 4.69) is 20.8 Å². The zero-order valence-electron chi connectivity index (χ0n) is 20.5. The maximum Gasteiger partial charge on any atom is 0.0770 e. The smallest absolute Gasteiger partial charge is 0.0770 e. The van der Waals surface area contributed by atoms with Crippen LogP contribution in [0.5, 0.6) is 0 Å². The molecule has 1 heteroatoms. The first kappa shape index (κ1) is 28.0. The summed E-state index contributed by atoms with van der Waals surface area (Å²) in [6.45, 7) is 11.3. The van der Waals surface area contributed by atoms with Crippen molar-refractivity contribution in [3.05, 3.63) is 0 Å². The first-order valence-corrected chi connectivity index (χ1v) is 13.7. The van der Waals surface area contributed by atoms with Crippen LogP contribution in [0.4, 0.5) is 0 Å². The third kappa shape index (κ3) is 22.3. The molecule has 0 bridgehead atoms. The second-order valence-corrected chi connectivity index (χ2v) is 9.36. The Kier molecular flexibility index (Phi) is 25.0. The second-order valence-electron chi connectivity index (χ2n) is 9.36. The molecular formula is C27H58N+. The Labute approximate surface area is 180 Å². The number of quaternary nitrogens is 1. The minimum atomic E-state index is 1.37. The molecular weight excluding hydrogens is 338 g/mol. The minimum absolute atomic E-state index is 1.37. The van der Waals surface area contributed by atoms with Gasteiger partial charge in [0.1, 0.15) is 0 Å². The standard InChI is InChI=1S/C27H57N/c1-4-7-10-13-16-19-22-25-28(26-23-20-17-14-11-8-5-2)27-24-21-18-15-12-9-6-3/h4-27H2,1-3H3/p+1. The van der Waals surface area contributed by atoms with Crippen LogP contribution in [-0.4, -0.2) is 19.6 Å². The van der Waals surface area contributed by atoms with Gasteiger partial charge in [0.25, 0.3) is 0 Å². The van der Waals surface area contributed by atoms with Gasteiger partial charge in [0.05, 0.1) is 19.6 Å². The zero-order valence-corrected chi connectivity index (χ0v) is 20.5. The van der Waals surface area contributed by atoms with Crippen LogP contribution in [-0.2, 0) is 0 Å². The minimum Gasteiger partial charge on any atom is -0.335 e. The van der Waals surface area contributed by atoms with Gasteiger partial charge < -0.3 is 4.90 Å². The Bertz CT molecular complexity index is 220. The Hall–Kier alpha value is -0.0400. The van der Waals surface area contributed by atoms with E-state index in [9.17, 15) is 0 Å². The molecule has 0 unspecified atom stereocenters. The van der Waals surface area contributed by atoms with E-state index in [0.29, 0.717) is 0 Å². The van der Waals surface area contributed by atoms with Crippen LogP contribution in [0.15, 0.2) is 0 Å². The molecule has 0 rings (SSSR count). The number of rotatable bonds is 24. The van der Waals surface area contributed by atoms with E-state index < -0.39 is 0 Å². The fourth-order valence-electron chi connectivity index (χ4n) is 4.37. The summed E-state index contributed by atoms with van der Waals surface area (Å²) >= 11 is 0. The summed E-state index contributed by atoms with van der Waals surface area (Å²) in [4.78, 5) is 1.93. The first-order chi connectivity index (χ1) is 13.8. The summed E-state index contributed by atoms with van der Waals surface area (Å²) in [5.41, 5.74) is 0. The highest BCUT2D eigenvalue weighted by molar-refractivity contribution is 4.48. The molecule has 0 aromatic heterocycles. The molecule has 1 nitrogen and oxygen atoms in total. The lowest BCUT2D eigenvalue weighted by atomic mass is 10.1. The SMILES string of the molecule is CCCCCCCCC[NH+](CCCCCCCCC)CCCCCCCCC. The van der Waals surface area contributed by atoms with Crippen molar-refractivity contribution in [2.45, 2.75) is 156 Å². The molecule has 0 heterocycles. The zero-order chi connectivity index (χ0) is 20.5. The first-order valence-electron chi connectivity index (χ1n) is 13.7. The quantitative estimate of drug-likeness (QED) is 0.157. The number of unbranched alkanes of at least 4 members (excludes halogenated alkanes) is 18. The van der Waals surface area contributed by atoms with E-state index in [0.717, 1.165) is 0 Å². The third-order valence-electron chi connectivity index (χ3n) is 6.40. The van der Waals surface area contributed by atoms with Crippen molar-refractivity contribution in [2.75, 3.05) is 19.6 Å². The van der Waals surface area contributed by atoms with E-state index in [1.54, 1.807) is 0 Å². The molecule has 0 amide bonds. The van der Waals surface area contributed by atoms with Crippen LogP contribution < -0.4 is 4.90 Å². The fraction of sp³-hybridized carbons (Fsp3) is 1.00. The fourth-order valence-corrected chi connectivity index (χ4v) is 4.37. The Morgan fingerprint density at radius 2 is 0.500 bits per heavy atom. The average Bonchev–Trinajstić information content (AvgIpc) is 2.71. The molecule has 170 valence electrons. The molecule has 1 N–H and O–H groups in total. The monoisotopic (exact) mass is 396 g/mol. The molecule has 0 aliphatic carbocycles. The van der Waals surface area contributed by atoms with Gasteiger partial charge >= 0.3 is 0 Å². The van der Waals surface area contributed by atoms with E-state index in [4.69, 9.17) is 0 Å². The van der Waals surface area contributed by atoms with E-state index in [-0.39, 0.29) is 0 Å². The van der Waals surface area contributed by atoms with Crippen LogP contribution in [0, 0.1) is 0 Å². The van der Waals surface area contributed by atoms with Gasteiger partial charge in [-0.1, -0.05) is 117 Å². The van der Waals surface area contributed by atoms with E-state index >= 15 is 0 Å². The summed E-state index contributed by atoms with van der Waals surface area (Å²) in [7, 11) is 0. The second kappa shape index (κ2) is 25.0. The molecule has 0 aliphatic rings. The van der Waals surface area contributed by atoms with Gasteiger partial charge in [-0.25, -0.2) is 0 Å². The molecule has 28 heavy (non-hydrogen) atoms. The van der Waals surface area contributed by atoms with Gasteiger partial charge in [0, 0.05) is 0 Å². The lowest BCUT2D eigenvalue weighted by Crippen LogP contribution is -3.12. The van der Waals surface area contributed by atoms with Gasteiger partial charge in [0.2, 0.25) is 0 Å². The highest BCUT2D eigenvalue weighted by Gasteiger charge is 2.08. The van der Waals surface area contributed by atoms with Crippen LogP contribution in [0.2, 0.25) is 0 Å². The summed E-state index contributed by atoms with van der Waals surface area (Å²) in [5, 5.41) is 0. The molecule has 0 saturated heterocycles. The highest BCUT2D eigenvalue weighted by atomic mass is 15.1. The molecule has 0 spiro atoms. The summed E-state index contributed by atoms with van der Waals surface area (Å²) in [6, 6.07) is 0. The molecule has 0 aromatic carbocycles. The number of hydrogen-bond donors (Lipinski definition) is 1. The summed E-state index contributed by atoms with van der Waals surface area (Å²) < 4.78 is 0. The normalized spacial score (nSPS) is 11.6. The van der Waals surface area contributed by atoms with Gasteiger partial charge in [0.15, 0.2) is 0 Å². The van der Waals surface area contributed by atoms with Crippen molar-refractivity contribution in [1.82, 2.24) is 0 Å². The lowest BCUT2D eigenvalue weighted by molar-refractivity contribution is -0.900. The van der Waals surface area contributed by atoms with Gasteiger partial charge in [-0.15, -0.1) is 0 Å². The highest BCUT2D eigenvalue weighted by Crippen LogP contribution is 2.08. The molecule has 0 fully saturated rings. The van der Waals surface area contributed by atoms with Gasteiger partial charge in [-0.05, 0) is 38.5 Å². The van der Waals surface area contributed by atoms with Crippen LogP contribution in [0.25, 0.3) is 0 Å².